The number of alkyl halides is 3. The number of benzene rings is 1. The number of anilines is 1. The summed E-state index contributed by atoms with van der Waals surface area (Å²) in [5.41, 5.74) is -2.49. The van der Waals surface area contributed by atoms with E-state index in [9.17, 15) is 27.5 Å². The Morgan fingerprint density at radius 3 is 2.55 bits per heavy atom. The van der Waals surface area contributed by atoms with E-state index in [1.807, 2.05) is 0 Å². The standard InChI is InChI=1S/C21H20F4N4O2/c1-10(12-4-3-5-13(15(12)23)18(24)25)26-19-14-8-29(21(9-22)6-7-21)20(31)17(30)16(14)27-11(2)28-19/h3-5,8,10,18,30H,6-7,9H2,1-2H3,(H,26,27,28)/t10-/m1/s1. The van der Waals surface area contributed by atoms with Gasteiger partial charge in [-0.15, -0.1) is 0 Å². The van der Waals surface area contributed by atoms with Gasteiger partial charge in [-0.2, -0.15) is 0 Å². The zero-order valence-electron chi connectivity index (χ0n) is 16.8. The normalized spacial score (nSPS) is 16.0. The average Bonchev–Trinajstić information content (AvgIpc) is 3.52. The van der Waals surface area contributed by atoms with Crippen LogP contribution < -0.4 is 10.9 Å². The van der Waals surface area contributed by atoms with Crippen LogP contribution in [0.1, 0.15) is 49.2 Å². The number of halogens is 4. The fourth-order valence-corrected chi connectivity index (χ4v) is 3.69. The molecule has 31 heavy (non-hydrogen) atoms. The van der Waals surface area contributed by atoms with Crippen molar-refractivity contribution in [3.8, 4) is 5.75 Å². The molecule has 0 spiro atoms. The van der Waals surface area contributed by atoms with Crippen molar-refractivity contribution in [1.29, 1.82) is 0 Å². The zero-order chi connectivity index (χ0) is 22.5. The first-order chi connectivity index (χ1) is 14.7. The van der Waals surface area contributed by atoms with Crippen molar-refractivity contribution in [2.75, 3.05) is 12.0 Å². The highest BCUT2D eigenvalue weighted by molar-refractivity contribution is 5.92. The Balaban J connectivity index is 1.83. The van der Waals surface area contributed by atoms with Gasteiger partial charge in [-0.3, -0.25) is 4.79 Å². The van der Waals surface area contributed by atoms with Crippen LogP contribution in [0, 0.1) is 12.7 Å². The third-order valence-electron chi connectivity index (χ3n) is 5.66. The van der Waals surface area contributed by atoms with Crippen LogP contribution in [0.4, 0.5) is 23.4 Å². The number of hydrogen-bond donors (Lipinski definition) is 2. The lowest BCUT2D eigenvalue weighted by Crippen LogP contribution is -2.31. The fourth-order valence-electron chi connectivity index (χ4n) is 3.69. The predicted octanol–water partition coefficient (Wildman–Crippen LogP) is 4.51. The number of nitrogens with one attached hydrogen (secondary N) is 1. The van der Waals surface area contributed by atoms with Crippen molar-refractivity contribution in [2.24, 2.45) is 0 Å². The van der Waals surface area contributed by atoms with Crippen molar-refractivity contribution in [2.45, 2.75) is 44.7 Å². The molecular weight excluding hydrogens is 416 g/mol. The minimum Gasteiger partial charge on any atom is -0.502 e. The Morgan fingerprint density at radius 2 is 1.94 bits per heavy atom. The van der Waals surface area contributed by atoms with Crippen molar-refractivity contribution in [3.63, 3.8) is 0 Å². The SMILES string of the molecule is Cc1nc(N[C@H](C)c2cccc(C(F)F)c2F)c2cn(C3(CF)CC3)c(=O)c(O)c2n1. The number of hydrogen-bond acceptors (Lipinski definition) is 5. The molecule has 1 aliphatic rings. The van der Waals surface area contributed by atoms with E-state index in [1.54, 1.807) is 13.8 Å². The van der Waals surface area contributed by atoms with Crippen molar-refractivity contribution in [1.82, 2.24) is 14.5 Å². The molecule has 1 aromatic carbocycles. The minimum absolute atomic E-state index is 0.00202. The van der Waals surface area contributed by atoms with Gasteiger partial charge in [0.2, 0.25) is 5.75 Å². The van der Waals surface area contributed by atoms with Gasteiger partial charge in [0.15, 0.2) is 0 Å². The van der Waals surface area contributed by atoms with Crippen LogP contribution in [0.3, 0.4) is 0 Å². The number of pyridine rings is 1. The van der Waals surface area contributed by atoms with Crippen LogP contribution in [0.2, 0.25) is 0 Å². The van der Waals surface area contributed by atoms with Crippen molar-refractivity contribution < 1.29 is 22.7 Å². The van der Waals surface area contributed by atoms with Gasteiger partial charge in [-0.05, 0) is 26.7 Å². The van der Waals surface area contributed by atoms with E-state index in [0.29, 0.717) is 12.8 Å². The highest BCUT2D eigenvalue weighted by atomic mass is 19.3. The molecule has 164 valence electrons. The lowest BCUT2D eigenvalue weighted by molar-refractivity contribution is 0.146. The maximum Gasteiger partial charge on any atom is 0.295 e. The van der Waals surface area contributed by atoms with Crippen LogP contribution >= 0.6 is 0 Å². The number of nitrogens with zero attached hydrogens (tertiary/aromatic N) is 3. The summed E-state index contributed by atoms with van der Waals surface area (Å²) in [7, 11) is 0. The molecule has 2 N–H and O–H groups in total. The quantitative estimate of drug-likeness (QED) is 0.556. The van der Waals surface area contributed by atoms with Crippen LogP contribution in [-0.2, 0) is 5.54 Å². The summed E-state index contributed by atoms with van der Waals surface area (Å²) in [6.45, 7) is 2.34. The molecule has 1 saturated carbocycles. The number of fused-ring (bicyclic) bond motifs is 1. The molecule has 1 atom stereocenters. The van der Waals surface area contributed by atoms with Gasteiger partial charge in [-0.25, -0.2) is 27.5 Å². The second kappa shape index (κ2) is 7.51. The average molecular weight is 436 g/mol. The number of aromatic hydroxyl groups is 1. The van der Waals surface area contributed by atoms with Crippen LogP contribution in [-0.4, -0.2) is 26.3 Å². The summed E-state index contributed by atoms with van der Waals surface area (Å²) >= 11 is 0. The molecule has 3 aromatic rings. The lowest BCUT2D eigenvalue weighted by Gasteiger charge is -2.20. The van der Waals surface area contributed by atoms with Crippen LogP contribution in [0.15, 0.2) is 29.2 Å². The summed E-state index contributed by atoms with van der Waals surface area (Å²) in [5.74, 6) is -1.27. The summed E-state index contributed by atoms with van der Waals surface area (Å²) in [6, 6.07) is 2.95. The van der Waals surface area contributed by atoms with Gasteiger partial charge in [-0.1, -0.05) is 18.2 Å². The van der Waals surface area contributed by atoms with E-state index in [1.165, 1.54) is 18.3 Å². The molecule has 0 bridgehead atoms. The lowest BCUT2D eigenvalue weighted by atomic mass is 10.0. The Bertz CT molecular complexity index is 1220. The second-order valence-electron chi connectivity index (χ2n) is 7.81. The Morgan fingerprint density at radius 1 is 1.26 bits per heavy atom. The molecule has 6 nitrogen and oxygen atoms in total. The summed E-state index contributed by atoms with van der Waals surface area (Å²) in [5, 5.41) is 13.6. The monoisotopic (exact) mass is 436 g/mol. The zero-order valence-corrected chi connectivity index (χ0v) is 16.8. The van der Waals surface area contributed by atoms with Crippen molar-refractivity contribution >= 4 is 16.7 Å². The number of aromatic nitrogens is 3. The Kier molecular flexibility index (Phi) is 5.10. The third kappa shape index (κ3) is 3.49. The smallest absolute Gasteiger partial charge is 0.295 e. The number of rotatable bonds is 6. The van der Waals surface area contributed by atoms with Gasteiger partial charge in [0.05, 0.1) is 22.5 Å². The highest BCUT2D eigenvalue weighted by Gasteiger charge is 2.46. The molecule has 10 heteroatoms. The van der Waals surface area contributed by atoms with E-state index in [2.05, 4.69) is 15.3 Å². The molecule has 0 amide bonds. The minimum atomic E-state index is -2.96. The largest absolute Gasteiger partial charge is 0.502 e. The van der Waals surface area contributed by atoms with Gasteiger partial charge in [0.25, 0.3) is 12.0 Å². The van der Waals surface area contributed by atoms with Gasteiger partial charge < -0.3 is 15.0 Å². The second-order valence-corrected chi connectivity index (χ2v) is 7.81. The molecule has 0 radical (unpaired) electrons. The summed E-state index contributed by atoms with van der Waals surface area (Å²) in [6.07, 6.45) is -0.682. The van der Waals surface area contributed by atoms with E-state index in [4.69, 9.17) is 0 Å². The molecule has 4 rings (SSSR count). The Hall–Kier alpha value is -3.17. The predicted molar refractivity (Wildman–Crippen MR) is 107 cm³/mol. The highest BCUT2D eigenvalue weighted by Crippen LogP contribution is 2.44. The molecule has 1 aliphatic carbocycles. The maximum absolute atomic E-state index is 14.6. The van der Waals surface area contributed by atoms with E-state index >= 15 is 0 Å². The van der Waals surface area contributed by atoms with Crippen LogP contribution in [0.25, 0.3) is 10.9 Å². The Labute approximate surface area is 174 Å². The van der Waals surface area contributed by atoms with Crippen LogP contribution in [0.5, 0.6) is 5.75 Å². The van der Waals surface area contributed by atoms with E-state index in [-0.39, 0.29) is 28.1 Å². The summed E-state index contributed by atoms with van der Waals surface area (Å²) in [4.78, 5) is 21.0. The first-order valence-corrected chi connectivity index (χ1v) is 9.71. The summed E-state index contributed by atoms with van der Waals surface area (Å²) < 4.78 is 55.4. The van der Waals surface area contributed by atoms with Crippen molar-refractivity contribution in [3.05, 3.63) is 57.5 Å². The molecule has 2 aromatic heterocycles. The van der Waals surface area contributed by atoms with Gasteiger partial charge in [0, 0.05) is 11.8 Å². The fraction of sp³-hybridized carbons (Fsp3) is 0.381. The van der Waals surface area contributed by atoms with Gasteiger partial charge in [0.1, 0.15) is 29.7 Å². The van der Waals surface area contributed by atoms with Gasteiger partial charge >= 0.3 is 0 Å². The molecule has 0 unspecified atom stereocenters. The van der Waals surface area contributed by atoms with E-state index in [0.717, 1.165) is 10.6 Å². The number of aryl methyl sites for hydroxylation is 1. The first-order valence-electron chi connectivity index (χ1n) is 9.71. The topological polar surface area (TPSA) is 80.0 Å². The maximum atomic E-state index is 14.6. The van der Waals surface area contributed by atoms with E-state index < -0.39 is 47.4 Å². The molecule has 0 aliphatic heterocycles. The molecule has 2 heterocycles. The first kappa shape index (κ1) is 21.1. The molecule has 0 saturated heterocycles. The third-order valence-corrected chi connectivity index (χ3v) is 5.66. The molecule has 1 fully saturated rings. The molecular formula is C21H20F4N4O2.